The molecule has 1 aliphatic rings. The van der Waals surface area contributed by atoms with E-state index in [1.807, 2.05) is 0 Å². The van der Waals surface area contributed by atoms with Crippen molar-refractivity contribution in [1.29, 1.82) is 0 Å². The summed E-state index contributed by atoms with van der Waals surface area (Å²) in [5.41, 5.74) is 10.4. The topological polar surface area (TPSA) is 29.3 Å². The molecular weight excluding hydrogens is 220 g/mol. The third-order valence-electron chi connectivity index (χ3n) is 3.73. The van der Waals surface area contributed by atoms with Gasteiger partial charge in [0.15, 0.2) is 0 Å². The summed E-state index contributed by atoms with van der Waals surface area (Å²) in [6.45, 7) is 11.2. The average Bonchev–Trinajstić information content (AvgIpc) is 2.57. The molecule has 0 bridgehead atoms. The van der Waals surface area contributed by atoms with Crippen LogP contribution >= 0.6 is 0 Å². The van der Waals surface area contributed by atoms with Crippen molar-refractivity contribution in [3.8, 4) is 0 Å². The van der Waals surface area contributed by atoms with E-state index in [0.29, 0.717) is 12.0 Å². The van der Waals surface area contributed by atoms with Crippen LogP contribution < -0.4 is 5.73 Å². The molecule has 2 atom stereocenters. The highest BCUT2D eigenvalue weighted by Crippen LogP contribution is 2.32. The van der Waals surface area contributed by atoms with Crippen LogP contribution in [0.2, 0.25) is 0 Å². The second-order valence-electron chi connectivity index (χ2n) is 6.21. The Morgan fingerprint density at radius 2 is 1.83 bits per heavy atom. The predicted octanol–water partition coefficient (Wildman–Crippen LogP) is 3.03. The molecule has 100 valence electrons. The van der Waals surface area contributed by atoms with Gasteiger partial charge < -0.3 is 5.73 Å². The molecule has 2 rings (SSSR count). The van der Waals surface area contributed by atoms with E-state index in [4.69, 9.17) is 5.73 Å². The van der Waals surface area contributed by atoms with E-state index in [-0.39, 0.29) is 6.04 Å². The zero-order valence-corrected chi connectivity index (χ0v) is 12.1. The summed E-state index contributed by atoms with van der Waals surface area (Å²) in [6.07, 6.45) is 1.12. The molecule has 1 heterocycles. The van der Waals surface area contributed by atoms with Crippen LogP contribution in [0, 0.1) is 19.8 Å². The van der Waals surface area contributed by atoms with Gasteiger partial charge in [-0.1, -0.05) is 43.2 Å². The van der Waals surface area contributed by atoms with Crippen molar-refractivity contribution < 1.29 is 0 Å². The minimum Gasteiger partial charge on any atom is -0.326 e. The molecule has 18 heavy (non-hydrogen) atoms. The highest BCUT2D eigenvalue weighted by Gasteiger charge is 2.33. The Balaban J connectivity index is 2.27. The molecular formula is C16H26N2. The van der Waals surface area contributed by atoms with Crippen LogP contribution in [0.4, 0.5) is 0 Å². The normalized spacial score (nSPS) is 25.0. The van der Waals surface area contributed by atoms with E-state index >= 15 is 0 Å². The van der Waals surface area contributed by atoms with Gasteiger partial charge in [-0.2, -0.15) is 0 Å². The van der Waals surface area contributed by atoms with Crippen LogP contribution in [0.15, 0.2) is 18.2 Å². The van der Waals surface area contributed by atoms with Crippen molar-refractivity contribution >= 4 is 0 Å². The number of nitrogens with two attached hydrogens (primary N) is 1. The number of hydrogen-bond donors (Lipinski definition) is 1. The first kappa shape index (κ1) is 13.6. The van der Waals surface area contributed by atoms with E-state index in [1.54, 1.807) is 0 Å². The fraction of sp³-hybridized carbons (Fsp3) is 0.625. The molecule has 2 heteroatoms. The number of benzene rings is 1. The Morgan fingerprint density at radius 1 is 1.22 bits per heavy atom. The van der Waals surface area contributed by atoms with Gasteiger partial charge in [-0.15, -0.1) is 0 Å². The van der Waals surface area contributed by atoms with Crippen LogP contribution in [-0.2, 0) is 0 Å². The van der Waals surface area contributed by atoms with Gasteiger partial charge in [-0.3, -0.25) is 4.90 Å². The minimum absolute atomic E-state index is 0.282. The van der Waals surface area contributed by atoms with Gasteiger partial charge in [0.05, 0.1) is 0 Å². The van der Waals surface area contributed by atoms with Gasteiger partial charge in [-0.25, -0.2) is 0 Å². The third-order valence-corrected chi connectivity index (χ3v) is 3.73. The fourth-order valence-electron chi connectivity index (χ4n) is 3.20. The van der Waals surface area contributed by atoms with E-state index < -0.39 is 0 Å². The van der Waals surface area contributed by atoms with Gasteiger partial charge in [0.25, 0.3) is 0 Å². The first-order valence-corrected chi connectivity index (χ1v) is 7.05. The van der Waals surface area contributed by atoms with Crippen molar-refractivity contribution in [3.05, 3.63) is 34.9 Å². The summed E-state index contributed by atoms with van der Waals surface area (Å²) in [6, 6.07) is 7.53. The SMILES string of the molecule is Cc1cc(C)cc(C2C(N)CCN2CC(C)C)c1. The van der Waals surface area contributed by atoms with E-state index in [9.17, 15) is 0 Å². The maximum Gasteiger partial charge on any atom is 0.0499 e. The molecule has 1 aromatic carbocycles. The zero-order chi connectivity index (χ0) is 13.3. The van der Waals surface area contributed by atoms with E-state index in [0.717, 1.165) is 19.5 Å². The molecule has 1 aliphatic heterocycles. The van der Waals surface area contributed by atoms with E-state index in [2.05, 4.69) is 50.8 Å². The van der Waals surface area contributed by atoms with Crippen LogP contribution in [-0.4, -0.2) is 24.0 Å². The fourth-order valence-corrected chi connectivity index (χ4v) is 3.20. The highest BCUT2D eigenvalue weighted by atomic mass is 15.2. The Kier molecular flexibility index (Phi) is 4.08. The molecule has 0 saturated carbocycles. The van der Waals surface area contributed by atoms with Gasteiger partial charge in [0.2, 0.25) is 0 Å². The third kappa shape index (κ3) is 2.93. The molecule has 2 N–H and O–H groups in total. The van der Waals surface area contributed by atoms with Crippen LogP contribution in [0.3, 0.4) is 0 Å². The quantitative estimate of drug-likeness (QED) is 0.888. The summed E-state index contributed by atoms with van der Waals surface area (Å²) >= 11 is 0. The maximum absolute atomic E-state index is 6.34. The standard InChI is InChI=1S/C16H26N2/c1-11(2)10-18-6-5-15(17)16(18)14-8-12(3)7-13(4)9-14/h7-9,11,15-16H,5-6,10,17H2,1-4H3. The molecule has 1 saturated heterocycles. The summed E-state index contributed by atoms with van der Waals surface area (Å²) in [4.78, 5) is 2.56. The highest BCUT2D eigenvalue weighted by molar-refractivity contribution is 5.32. The average molecular weight is 246 g/mol. The maximum atomic E-state index is 6.34. The lowest BCUT2D eigenvalue weighted by atomic mass is 9.96. The van der Waals surface area contributed by atoms with Crippen molar-refractivity contribution in [1.82, 2.24) is 4.90 Å². The lowest BCUT2D eigenvalue weighted by Gasteiger charge is -2.29. The number of aryl methyl sites for hydroxylation is 2. The first-order chi connectivity index (χ1) is 8.47. The molecule has 2 unspecified atom stereocenters. The lowest BCUT2D eigenvalue weighted by molar-refractivity contribution is 0.221. The Hall–Kier alpha value is -0.860. The minimum atomic E-state index is 0.282. The number of likely N-dealkylation sites (tertiary alicyclic amines) is 1. The monoisotopic (exact) mass is 246 g/mol. The molecule has 1 aromatic rings. The first-order valence-electron chi connectivity index (χ1n) is 7.05. The van der Waals surface area contributed by atoms with Crippen LogP contribution in [0.25, 0.3) is 0 Å². The Bertz CT molecular complexity index is 391. The van der Waals surface area contributed by atoms with E-state index in [1.165, 1.54) is 16.7 Å². The van der Waals surface area contributed by atoms with Crippen LogP contribution in [0.5, 0.6) is 0 Å². The zero-order valence-electron chi connectivity index (χ0n) is 12.1. The second kappa shape index (κ2) is 5.41. The van der Waals surface area contributed by atoms with Gasteiger partial charge >= 0.3 is 0 Å². The summed E-state index contributed by atoms with van der Waals surface area (Å²) in [5.74, 6) is 0.698. The van der Waals surface area contributed by atoms with Gasteiger partial charge in [-0.05, 0) is 31.7 Å². The van der Waals surface area contributed by atoms with Crippen molar-refractivity contribution in [3.63, 3.8) is 0 Å². The summed E-state index contributed by atoms with van der Waals surface area (Å²) in [7, 11) is 0. The smallest absolute Gasteiger partial charge is 0.0499 e. The molecule has 0 radical (unpaired) electrons. The number of rotatable bonds is 3. The number of hydrogen-bond acceptors (Lipinski definition) is 2. The van der Waals surface area contributed by atoms with Crippen molar-refractivity contribution in [2.45, 2.75) is 46.2 Å². The Labute approximate surface area is 111 Å². The van der Waals surface area contributed by atoms with Gasteiger partial charge in [0.1, 0.15) is 0 Å². The Morgan fingerprint density at radius 3 is 2.39 bits per heavy atom. The van der Waals surface area contributed by atoms with Gasteiger partial charge in [0, 0.05) is 25.2 Å². The summed E-state index contributed by atoms with van der Waals surface area (Å²) in [5, 5.41) is 0. The van der Waals surface area contributed by atoms with Crippen molar-refractivity contribution in [2.24, 2.45) is 11.7 Å². The molecule has 1 fully saturated rings. The molecule has 0 amide bonds. The second-order valence-corrected chi connectivity index (χ2v) is 6.21. The molecule has 0 spiro atoms. The summed E-state index contributed by atoms with van der Waals surface area (Å²) < 4.78 is 0. The largest absolute Gasteiger partial charge is 0.326 e. The lowest BCUT2D eigenvalue weighted by Crippen LogP contribution is -2.34. The molecule has 2 nitrogen and oxygen atoms in total. The number of nitrogens with zero attached hydrogens (tertiary/aromatic N) is 1. The predicted molar refractivity (Wildman–Crippen MR) is 77.7 cm³/mol. The molecule has 0 aliphatic carbocycles. The van der Waals surface area contributed by atoms with Crippen LogP contribution in [0.1, 0.15) is 43.0 Å². The van der Waals surface area contributed by atoms with Crippen molar-refractivity contribution in [2.75, 3.05) is 13.1 Å². The molecule has 0 aromatic heterocycles.